The van der Waals surface area contributed by atoms with Crippen LogP contribution in [0.2, 0.25) is 18.1 Å². The lowest BCUT2D eigenvalue weighted by Crippen LogP contribution is -2.43. The van der Waals surface area contributed by atoms with Gasteiger partial charge >= 0.3 is 0 Å². The lowest BCUT2D eigenvalue weighted by molar-refractivity contribution is 0.492. The summed E-state index contributed by atoms with van der Waals surface area (Å²) in [6.45, 7) is 11.1. The van der Waals surface area contributed by atoms with E-state index in [1.54, 1.807) is 4.57 Å². The highest BCUT2D eigenvalue weighted by atomic mass is 28.4. The first-order valence-corrected chi connectivity index (χ1v) is 9.62. The molecule has 0 fully saturated rings. The molecular weight excluding hydrogens is 266 g/mol. The fraction of sp³-hybridized carbons (Fsp3) is 0.467. The highest BCUT2D eigenvalue weighted by Gasteiger charge is 2.39. The number of nitrogens with zero attached hydrogens (tertiary/aromatic N) is 3. The van der Waals surface area contributed by atoms with E-state index in [0.717, 1.165) is 16.8 Å². The molecule has 0 radical (unpaired) electrons. The molecule has 1 aromatic carbocycles. The Morgan fingerprint density at radius 3 is 2.50 bits per heavy atom. The average Bonchev–Trinajstić information content (AvgIpc) is 2.63. The molecule has 0 aliphatic heterocycles. The molecule has 0 aliphatic rings. The normalized spacial score (nSPS) is 12.4. The summed E-state index contributed by atoms with van der Waals surface area (Å²) in [6.07, 6.45) is 0. The first-order valence-electron chi connectivity index (χ1n) is 6.71. The summed E-state index contributed by atoms with van der Waals surface area (Å²) >= 11 is 0. The lowest BCUT2D eigenvalue weighted by atomic mass is 10.2. The second-order valence-corrected chi connectivity index (χ2v) is 11.3. The van der Waals surface area contributed by atoms with E-state index in [1.807, 2.05) is 25.2 Å². The van der Waals surface area contributed by atoms with Gasteiger partial charge in [-0.2, -0.15) is 5.26 Å². The minimum atomic E-state index is -1.85. The van der Waals surface area contributed by atoms with Gasteiger partial charge in [-0.05, 0) is 30.3 Å². The summed E-state index contributed by atoms with van der Waals surface area (Å²) < 4.78 is 8.06. The Morgan fingerprint density at radius 2 is 1.95 bits per heavy atom. The second kappa shape index (κ2) is 4.64. The minimum Gasteiger partial charge on any atom is -0.543 e. The van der Waals surface area contributed by atoms with Crippen LogP contribution in [0.4, 0.5) is 0 Å². The first-order chi connectivity index (χ1) is 9.15. The van der Waals surface area contributed by atoms with Crippen LogP contribution in [-0.2, 0) is 7.05 Å². The summed E-state index contributed by atoms with van der Waals surface area (Å²) in [7, 11) is 0.00169. The van der Waals surface area contributed by atoms with Gasteiger partial charge in [0.1, 0.15) is 11.8 Å². The molecule has 5 heteroatoms. The van der Waals surface area contributed by atoms with E-state index in [-0.39, 0.29) is 5.04 Å². The monoisotopic (exact) mass is 287 g/mol. The van der Waals surface area contributed by atoms with Crippen LogP contribution in [0.15, 0.2) is 18.2 Å². The van der Waals surface area contributed by atoms with E-state index >= 15 is 0 Å². The maximum Gasteiger partial charge on any atom is 0.250 e. The third-order valence-electron chi connectivity index (χ3n) is 4.13. The van der Waals surface area contributed by atoms with Gasteiger partial charge in [-0.3, -0.25) is 0 Å². The molecule has 0 atom stereocenters. The van der Waals surface area contributed by atoms with Crippen LogP contribution in [0.25, 0.3) is 11.0 Å². The van der Waals surface area contributed by atoms with Gasteiger partial charge in [0.05, 0.1) is 11.0 Å². The van der Waals surface area contributed by atoms with Crippen molar-refractivity contribution in [1.29, 1.82) is 5.26 Å². The number of benzene rings is 1. The van der Waals surface area contributed by atoms with Crippen molar-refractivity contribution in [2.45, 2.75) is 38.9 Å². The van der Waals surface area contributed by atoms with Crippen molar-refractivity contribution < 1.29 is 4.43 Å². The number of imidazole rings is 1. The molecule has 20 heavy (non-hydrogen) atoms. The molecule has 0 saturated carbocycles. The van der Waals surface area contributed by atoms with Gasteiger partial charge in [-0.25, -0.2) is 4.98 Å². The van der Waals surface area contributed by atoms with Gasteiger partial charge in [0.15, 0.2) is 0 Å². The Morgan fingerprint density at radius 1 is 1.30 bits per heavy atom. The summed E-state index contributed by atoms with van der Waals surface area (Å²) in [5, 5.41) is 9.18. The molecule has 1 aromatic heterocycles. The van der Waals surface area contributed by atoms with Crippen molar-refractivity contribution in [3.8, 4) is 11.8 Å². The number of hydrogen-bond donors (Lipinski definition) is 0. The molecule has 0 spiro atoms. The van der Waals surface area contributed by atoms with Crippen LogP contribution in [-0.4, -0.2) is 17.9 Å². The summed E-state index contributed by atoms with van der Waals surface area (Å²) in [4.78, 5) is 4.32. The zero-order valence-electron chi connectivity index (χ0n) is 13.0. The Kier molecular flexibility index (Phi) is 3.38. The summed E-state index contributed by atoms with van der Waals surface area (Å²) in [5.41, 5.74) is 1.75. The third-order valence-corrected chi connectivity index (χ3v) is 8.49. The maximum atomic E-state index is 9.02. The van der Waals surface area contributed by atoms with E-state index in [9.17, 15) is 0 Å². The van der Waals surface area contributed by atoms with E-state index in [0.29, 0.717) is 5.82 Å². The first kappa shape index (κ1) is 14.6. The molecule has 2 rings (SSSR count). The van der Waals surface area contributed by atoms with Crippen molar-refractivity contribution in [3.63, 3.8) is 0 Å². The van der Waals surface area contributed by atoms with E-state index in [2.05, 4.69) is 44.9 Å². The second-order valence-electron chi connectivity index (χ2n) is 6.62. The SMILES string of the molecule is Cn1c(C#N)nc2cc(O[Si](C)(C)C(C)(C)C)ccc21. The standard InChI is InChI=1S/C15H21N3OSi/c1-15(2,3)20(5,6)19-11-7-8-13-12(9-11)17-14(10-16)18(13)4/h7-9H,1-6H3. The predicted octanol–water partition coefficient (Wildman–Crippen LogP) is 3.83. The van der Waals surface area contributed by atoms with Crippen LogP contribution in [0.3, 0.4) is 0 Å². The van der Waals surface area contributed by atoms with Crippen molar-refractivity contribution in [3.05, 3.63) is 24.0 Å². The Labute approximate surface area is 121 Å². The quantitative estimate of drug-likeness (QED) is 0.789. The molecule has 1 heterocycles. The van der Waals surface area contributed by atoms with Crippen molar-refractivity contribution in [1.82, 2.24) is 9.55 Å². The van der Waals surface area contributed by atoms with Crippen molar-refractivity contribution in [2.75, 3.05) is 0 Å². The largest absolute Gasteiger partial charge is 0.543 e. The number of aromatic nitrogens is 2. The van der Waals surface area contributed by atoms with Crippen LogP contribution in [0.1, 0.15) is 26.6 Å². The predicted molar refractivity (Wildman–Crippen MR) is 83.3 cm³/mol. The van der Waals surface area contributed by atoms with Crippen LogP contribution in [0.5, 0.6) is 5.75 Å². The van der Waals surface area contributed by atoms with Gasteiger partial charge in [-0.1, -0.05) is 20.8 Å². The summed E-state index contributed by atoms with van der Waals surface area (Å²) in [5.74, 6) is 1.26. The average molecular weight is 287 g/mol. The van der Waals surface area contributed by atoms with Gasteiger partial charge < -0.3 is 8.99 Å². The summed E-state index contributed by atoms with van der Waals surface area (Å²) in [6, 6.07) is 7.95. The topological polar surface area (TPSA) is 50.8 Å². The highest BCUT2D eigenvalue weighted by Crippen LogP contribution is 2.37. The zero-order valence-corrected chi connectivity index (χ0v) is 14.0. The highest BCUT2D eigenvalue weighted by molar-refractivity contribution is 6.74. The molecule has 0 saturated heterocycles. The molecular formula is C15H21N3OSi. The number of rotatable bonds is 2. The van der Waals surface area contributed by atoms with Crippen LogP contribution >= 0.6 is 0 Å². The molecule has 0 unspecified atom stereocenters. The zero-order chi connectivity index (χ0) is 15.1. The molecule has 4 nitrogen and oxygen atoms in total. The minimum absolute atomic E-state index is 0.157. The van der Waals surface area contributed by atoms with Gasteiger partial charge in [0.2, 0.25) is 14.1 Å². The fourth-order valence-corrected chi connectivity index (χ4v) is 2.81. The van der Waals surface area contributed by atoms with E-state index in [4.69, 9.17) is 9.69 Å². The maximum absolute atomic E-state index is 9.02. The van der Waals surface area contributed by atoms with Crippen LogP contribution in [0, 0.1) is 11.3 Å². The Balaban J connectivity index is 2.41. The number of nitriles is 1. The van der Waals surface area contributed by atoms with E-state index < -0.39 is 8.32 Å². The molecule has 0 aliphatic carbocycles. The van der Waals surface area contributed by atoms with Gasteiger partial charge in [0.25, 0.3) is 0 Å². The Hall–Kier alpha value is -1.80. The van der Waals surface area contributed by atoms with E-state index in [1.165, 1.54) is 0 Å². The third kappa shape index (κ3) is 2.43. The number of hydrogen-bond acceptors (Lipinski definition) is 3. The number of aryl methyl sites for hydroxylation is 1. The van der Waals surface area contributed by atoms with Gasteiger partial charge in [-0.15, -0.1) is 0 Å². The van der Waals surface area contributed by atoms with Crippen LogP contribution < -0.4 is 4.43 Å². The lowest BCUT2D eigenvalue weighted by Gasteiger charge is -2.36. The number of fused-ring (bicyclic) bond motifs is 1. The fourth-order valence-electron chi connectivity index (χ4n) is 1.79. The van der Waals surface area contributed by atoms with Crippen molar-refractivity contribution in [2.24, 2.45) is 7.05 Å². The molecule has 0 N–H and O–H groups in total. The van der Waals surface area contributed by atoms with Crippen molar-refractivity contribution >= 4 is 19.4 Å². The molecule has 106 valence electrons. The smallest absolute Gasteiger partial charge is 0.250 e. The Bertz CT molecular complexity index is 689. The molecule has 0 bridgehead atoms. The molecule has 0 amide bonds. The van der Waals surface area contributed by atoms with Gasteiger partial charge in [0, 0.05) is 13.1 Å². The molecule has 2 aromatic rings.